The zero-order valence-corrected chi connectivity index (χ0v) is 24.4. The summed E-state index contributed by atoms with van der Waals surface area (Å²) in [5.41, 5.74) is 6.16. The molecule has 4 aromatic rings. The Morgan fingerprint density at radius 2 is 1.56 bits per heavy atom. The molecular weight excluding hydrogens is 538 g/mol. The largest absolute Gasteiger partial charge is 0.494 e. The van der Waals surface area contributed by atoms with Crippen LogP contribution in [0, 0.1) is 20.8 Å². The number of thioether (sulfide) groups is 1. The maximum absolute atomic E-state index is 11.5. The smallest absolute Gasteiger partial charge is 0.323 e. The number of aryl methyl sites for hydroxylation is 3. The molecule has 1 heterocycles. The number of aliphatic carboxylic acids is 2. The minimum absolute atomic E-state index is 0.0960. The van der Waals surface area contributed by atoms with Crippen LogP contribution in [0.25, 0.3) is 23.1 Å². The highest BCUT2D eigenvalue weighted by Gasteiger charge is 2.14. The van der Waals surface area contributed by atoms with Crippen LogP contribution in [0.15, 0.2) is 65.7 Å². The molecule has 1 aromatic heterocycles. The van der Waals surface area contributed by atoms with Gasteiger partial charge in [0.05, 0.1) is 24.5 Å². The van der Waals surface area contributed by atoms with Crippen LogP contribution in [0.5, 0.6) is 11.5 Å². The lowest BCUT2D eigenvalue weighted by molar-refractivity contribution is -0.137. The van der Waals surface area contributed by atoms with Gasteiger partial charge < -0.3 is 24.3 Å². The number of aromatic nitrogens is 1. The second-order valence-corrected chi connectivity index (χ2v) is 11.0. The Hall–Kier alpha value is -4.17. The highest BCUT2D eigenvalue weighted by molar-refractivity contribution is 8.00. The van der Waals surface area contributed by atoms with Crippen molar-refractivity contribution in [2.75, 3.05) is 19.0 Å². The van der Waals surface area contributed by atoms with E-state index in [-0.39, 0.29) is 12.3 Å². The van der Waals surface area contributed by atoms with Crippen LogP contribution in [0.1, 0.15) is 40.7 Å². The lowest BCUT2D eigenvalue weighted by Crippen LogP contribution is -2.07. The minimum atomic E-state index is -0.963. The number of carboxylic acid groups (broad SMARTS) is 2. The van der Waals surface area contributed by atoms with E-state index in [4.69, 9.17) is 14.6 Å². The molecule has 0 saturated heterocycles. The third-order valence-corrected chi connectivity index (χ3v) is 7.57. The average Bonchev–Trinajstić information content (AvgIpc) is 3.27. The first kappa shape index (κ1) is 29.8. The van der Waals surface area contributed by atoms with Crippen LogP contribution in [0.4, 0.5) is 0 Å². The number of carboxylic acids is 2. The van der Waals surface area contributed by atoms with E-state index >= 15 is 0 Å². The Morgan fingerprint density at radius 1 is 0.878 bits per heavy atom. The Balaban J connectivity index is 1.34. The molecule has 0 aliphatic heterocycles. The van der Waals surface area contributed by atoms with E-state index in [1.807, 2.05) is 54.6 Å². The van der Waals surface area contributed by atoms with Crippen LogP contribution in [0.3, 0.4) is 0 Å². The Morgan fingerprint density at radius 3 is 2.22 bits per heavy atom. The van der Waals surface area contributed by atoms with Gasteiger partial charge in [-0.1, -0.05) is 60.2 Å². The van der Waals surface area contributed by atoms with Crippen molar-refractivity contribution in [2.24, 2.45) is 0 Å². The fourth-order valence-electron chi connectivity index (χ4n) is 4.84. The molecule has 2 N–H and O–H groups in total. The van der Waals surface area contributed by atoms with Gasteiger partial charge in [-0.3, -0.25) is 9.59 Å². The number of nitrogens with zero attached hydrogens (tertiary/aromatic N) is 1. The molecule has 3 aromatic carbocycles. The maximum Gasteiger partial charge on any atom is 0.323 e. The monoisotopic (exact) mass is 573 g/mol. The number of ether oxygens (including phenoxy) is 2. The molecular formula is C33H35NO6S. The summed E-state index contributed by atoms with van der Waals surface area (Å²) in [6.45, 7) is 7.30. The van der Waals surface area contributed by atoms with Gasteiger partial charge in [-0.2, -0.15) is 0 Å². The Kier molecular flexibility index (Phi) is 10.1. The van der Waals surface area contributed by atoms with Crippen molar-refractivity contribution < 1.29 is 29.3 Å². The molecule has 0 saturated carbocycles. The number of hydrogen-bond donors (Lipinski definition) is 2. The molecule has 0 bridgehead atoms. The molecule has 0 radical (unpaired) electrons. The third-order valence-electron chi connectivity index (χ3n) is 6.54. The number of rotatable bonds is 14. The molecule has 0 aliphatic rings. The summed E-state index contributed by atoms with van der Waals surface area (Å²) in [4.78, 5) is 23.3. The molecule has 0 spiro atoms. The first-order valence-electron chi connectivity index (χ1n) is 13.5. The minimum Gasteiger partial charge on any atom is -0.494 e. The molecule has 0 unspecified atom stereocenters. The van der Waals surface area contributed by atoms with Crippen molar-refractivity contribution in [3.63, 3.8) is 0 Å². The summed E-state index contributed by atoms with van der Waals surface area (Å²) >= 11 is 1.18. The van der Waals surface area contributed by atoms with Gasteiger partial charge in [0.15, 0.2) is 0 Å². The van der Waals surface area contributed by atoms with Gasteiger partial charge in [-0.25, -0.2) is 0 Å². The van der Waals surface area contributed by atoms with Crippen LogP contribution in [-0.4, -0.2) is 45.7 Å². The van der Waals surface area contributed by atoms with Gasteiger partial charge in [0.2, 0.25) is 0 Å². The Labute approximate surface area is 244 Å². The van der Waals surface area contributed by atoms with Crippen molar-refractivity contribution in [3.8, 4) is 11.5 Å². The van der Waals surface area contributed by atoms with E-state index in [0.717, 1.165) is 51.3 Å². The zero-order valence-electron chi connectivity index (χ0n) is 23.6. The second kappa shape index (κ2) is 13.9. The summed E-state index contributed by atoms with van der Waals surface area (Å²) < 4.78 is 13.6. The predicted molar refractivity (Wildman–Crippen MR) is 164 cm³/mol. The SMILES string of the molecule is Cc1cc(C)c(OCCCCOc2ccc(/C=C/c3cccc4c(SCC(=O)O)cn(CC(=O)O)c34)cc2)c(C)c1. The molecule has 41 heavy (non-hydrogen) atoms. The molecule has 7 nitrogen and oxygen atoms in total. The standard InChI is InChI=1S/C33H35NO6S/c1-22-17-23(2)33(24(3)18-22)40-16-5-4-15-39-27-13-10-25(11-14-27)9-12-26-7-6-8-28-29(41-21-31(37)38)19-34(32(26)28)20-30(35)36/h6-14,17-19H,4-5,15-16,20-21H2,1-3H3,(H,35,36)(H,37,38)/b12-9+. The van der Waals surface area contributed by atoms with Crippen molar-refractivity contribution in [3.05, 3.63) is 88.6 Å². The summed E-state index contributed by atoms with van der Waals surface area (Å²) in [5, 5.41) is 19.3. The number of carbonyl (C=O) groups is 2. The number of para-hydroxylation sites is 1. The molecule has 4 rings (SSSR count). The summed E-state index contributed by atoms with van der Waals surface area (Å²) in [5.74, 6) is -0.207. The molecule has 0 atom stereocenters. The molecule has 0 fully saturated rings. The van der Waals surface area contributed by atoms with E-state index in [1.165, 1.54) is 28.5 Å². The zero-order chi connectivity index (χ0) is 29.4. The van der Waals surface area contributed by atoms with Gasteiger partial charge in [-0.15, -0.1) is 11.8 Å². The van der Waals surface area contributed by atoms with Crippen molar-refractivity contribution in [2.45, 2.75) is 45.1 Å². The van der Waals surface area contributed by atoms with E-state index in [1.54, 1.807) is 10.8 Å². The first-order valence-corrected chi connectivity index (χ1v) is 14.5. The molecule has 0 aliphatic carbocycles. The maximum atomic E-state index is 11.5. The first-order chi connectivity index (χ1) is 19.7. The van der Waals surface area contributed by atoms with Crippen LogP contribution in [-0.2, 0) is 16.1 Å². The van der Waals surface area contributed by atoms with Crippen LogP contribution >= 0.6 is 11.8 Å². The molecule has 8 heteroatoms. The summed E-state index contributed by atoms with van der Waals surface area (Å²) in [6.07, 6.45) is 7.41. The lowest BCUT2D eigenvalue weighted by Gasteiger charge is -2.13. The fourth-order valence-corrected chi connectivity index (χ4v) is 5.64. The van der Waals surface area contributed by atoms with E-state index < -0.39 is 11.9 Å². The Bertz CT molecular complexity index is 1530. The van der Waals surface area contributed by atoms with Gasteiger partial charge in [0.25, 0.3) is 0 Å². The number of benzene rings is 3. The predicted octanol–water partition coefficient (Wildman–Crippen LogP) is 7.24. The summed E-state index contributed by atoms with van der Waals surface area (Å²) in [6, 6.07) is 17.8. The molecule has 214 valence electrons. The third kappa shape index (κ3) is 8.17. The highest BCUT2D eigenvalue weighted by Crippen LogP contribution is 2.33. The number of hydrogen-bond acceptors (Lipinski definition) is 5. The van der Waals surface area contributed by atoms with E-state index in [9.17, 15) is 14.7 Å². The van der Waals surface area contributed by atoms with E-state index in [2.05, 4.69) is 32.9 Å². The fraction of sp³-hybridized carbons (Fsp3) is 0.273. The number of fused-ring (bicyclic) bond motifs is 1. The van der Waals surface area contributed by atoms with Gasteiger partial charge in [-0.05, 0) is 68.0 Å². The topological polar surface area (TPSA) is 98.0 Å². The van der Waals surface area contributed by atoms with E-state index in [0.29, 0.717) is 13.2 Å². The van der Waals surface area contributed by atoms with Crippen molar-refractivity contribution in [1.29, 1.82) is 0 Å². The van der Waals surface area contributed by atoms with Crippen molar-refractivity contribution >= 4 is 46.8 Å². The van der Waals surface area contributed by atoms with Crippen molar-refractivity contribution in [1.82, 2.24) is 4.57 Å². The molecule has 0 amide bonds. The highest BCUT2D eigenvalue weighted by atomic mass is 32.2. The van der Waals surface area contributed by atoms with Gasteiger partial charge >= 0.3 is 11.9 Å². The average molecular weight is 574 g/mol. The second-order valence-electron chi connectivity index (χ2n) is 9.98. The summed E-state index contributed by atoms with van der Waals surface area (Å²) in [7, 11) is 0. The van der Waals surface area contributed by atoms with Gasteiger partial charge in [0.1, 0.15) is 18.0 Å². The lowest BCUT2D eigenvalue weighted by atomic mass is 10.1. The quantitative estimate of drug-likeness (QED) is 0.0932. The number of unbranched alkanes of at least 4 members (excludes halogenated alkanes) is 1. The normalized spacial score (nSPS) is 11.3. The van der Waals surface area contributed by atoms with Crippen LogP contribution in [0.2, 0.25) is 0 Å². The van der Waals surface area contributed by atoms with Gasteiger partial charge in [0, 0.05) is 16.5 Å². The van der Waals surface area contributed by atoms with Crippen LogP contribution < -0.4 is 9.47 Å².